The first-order chi connectivity index (χ1) is 10.1. The molecule has 0 aliphatic heterocycles. The third-order valence-electron chi connectivity index (χ3n) is 2.74. The smallest absolute Gasteiger partial charge is 0.410 e. The van der Waals surface area contributed by atoms with Crippen molar-refractivity contribution in [2.45, 2.75) is 32.4 Å². The molecule has 0 saturated carbocycles. The molecule has 1 unspecified atom stereocenters. The fourth-order valence-corrected chi connectivity index (χ4v) is 1.69. The summed E-state index contributed by atoms with van der Waals surface area (Å²) in [5.41, 5.74) is -1.35. The van der Waals surface area contributed by atoms with E-state index in [0.29, 0.717) is 12.4 Å². The molecule has 0 saturated heterocycles. The van der Waals surface area contributed by atoms with Gasteiger partial charge in [0, 0.05) is 18.7 Å². The Hall–Kier alpha value is -2.51. The summed E-state index contributed by atoms with van der Waals surface area (Å²) in [5.74, 6) is -0.943. The Morgan fingerprint density at radius 3 is 2.45 bits per heavy atom. The predicted octanol–water partition coefficient (Wildman–Crippen LogP) is 2.84. The number of hydrogen-bond acceptors (Lipinski definition) is 5. The van der Waals surface area contributed by atoms with E-state index in [-0.39, 0.29) is 5.56 Å². The lowest BCUT2D eigenvalue weighted by Crippen LogP contribution is -2.37. The second kappa shape index (κ2) is 6.50. The summed E-state index contributed by atoms with van der Waals surface area (Å²) in [6.07, 6.45) is -0.434. The molecule has 1 atom stereocenters. The minimum absolute atomic E-state index is 0.144. The molecule has 0 spiro atoms. The van der Waals surface area contributed by atoms with Gasteiger partial charge in [0.1, 0.15) is 23.7 Å². The van der Waals surface area contributed by atoms with E-state index >= 15 is 0 Å². The van der Waals surface area contributed by atoms with Crippen LogP contribution in [0.25, 0.3) is 0 Å². The van der Waals surface area contributed by atoms with Crippen LogP contribution >= 0.6 is 0 Å². The largest absolute Gasteiger partial charge is 0.444 e. The van der Waals surface area contributed by atoms with Gasteiger partial charge in [0.05, 0.1) is 11.0 Å². The number of halogens is 1. The summed E-state index contributed by atoms with van der Waals surface area (Å²) >= 11 is 0. The Bertz CT molecular complexity index is 597. The number of rotatable bonds is 4. The van der Waals surface area contributed by atoms with Crippen LogP contribution in [-0.4, -0.2) is 34.9 Å². The second-order valence-electron chi connectivity index (χ2n) is 5.64. The number of carbonyl (C=O) groups is 2. The highest BCUT2D eigenvalue weighted by molar-refractivity contribution is 5.74. The quantitative estimate of drug-likeness (QED) is 0.484. The van der Waals surface area contributed by atoms with Gasteiger partial charge in [-0.05, 0) is 26.8 Å². The van der Waals surface area contributed by atoms with Crippen LogP contribution in [0.2, 0.25) is 0 Å². The topological polar surface area (TPSA) is 89.8 Å². The minimum Gasteiger partial charge on any atom is -0.444 e. The fourth-order valence-electron chi connectivity index (χ4n) is 1.69. The van der Waals surface area contributed by atoms with Gasteiger partial charge in [0.2, 0.25) is 0 Å². The molecule has 1 rings (SSSR count). The van der Waals surface area contributed by atoms with Crippen LogP contribution in [-0.2, 0) is 9.53 Å². The van der Waals surface area contributed by atoms with E-state index in [1.807, 2.05) is 0 Å². The van der Waals surface area contributed by atoms with Gasteiger partial charge in [-0.1, -0.05) is 0 Å². The number of ether oxygens (including phenoxy) is 1. The van der Waals surface area contributed by atoms with E-state index in [0.717, 1.165) is 17.0 Å². The Labute approximate surface area is 126 Å². The number of nitrogens with zero attached hydrogens (tertiary/aromatic N) is 2. The third kappa shape index (κ3) is 4.24. The number of likely N-dealkylation sites (N-methyl/N-ethyl adjacent to an activating group) is 1. The van der Waals surface area contributed by atoms with Crippen LogP contribution in [0.1, 0.15) is 32.4 Å². The molecule has 7 nitrogen and oxygen atoms in total. The summed E-state index contributed by atoms with van der Waals surface area (Å²) in [4.78, 5) is 33.9. The molecule has 1 aromatic carbocycles. The summed E-state index contributed by atoms with van der Waals surface area (Å²) < 4.78 is 19.1. The van der Waals surface area contributed by atoms with Crippen LogP contribution < -0.4 is 0 Å². The van der Waals surface area contributed by atoms with Crippen molar-refractivity contribution in [3.63, 3.8) is 0 Å². The van der Waals surface area contributed by atoms with Crippen LogP contribution in [0, 0.1) is 15.9 Å². The zero-order valence-corrected chi connectivity index (χ0v) is 12.7. The van der Waals surface area contributed by atoms with Gasteiger partial charge in [-0.3, -0.25) is 15.0 Å². The summed E-state index contributed by atoms with van der Waals surface area (Å²) in [7, 11) is 1.29. The lowest BCUT2D eigenvalue weighted by molar-refractivity contribution is -0.385. The second-order valence-corrected chi connectivity index (χ2v) is 5.64. The molecular weight excluding hydrogens is 295 g/mol. The lowest BCUT2D eigenvalue weighted by atomic mass is 10.1. The van der Waals surface area contributed by atoms with E-state index in [9.17, 15) is 24.1 Å². The van der Waals surface area contributed by atoms with Crippen LogP contribution in [0.5, 0.6) is 0 Å². The predicted molar refractivity (Wildman–Crippen MR) is 75.9 cm³/mol. The minimum atomic E-state index is -1.24. The maximum absolute atomic E-state index is 14.0. The van der Waals surface area contributed by atoms with Crippen LogP contribution in [0.4, 0.5) is 14.9 Å². The van der Waals surface area contributed by atoms with E-state index < -0.39 is 34.2 Å². The van der Waals surface area contributed by atoms with Gasteiger partial charge in [-0.2, -0.15) is 0 Å². The normalized spacial score (nSPS) is 12.4. The molecule has 0 bridgehead atoms. The molecule has 22 heavy (non-hydrogen) atoms. The number of benzene rings is 1. The van der Waals surface area contributed by atoms with Gasteiger partial charge >= 0.3 is 6.09 Å². The molecular formula is C14H17FN2O5. The number of carbonyl (C=O) groups excluding carboxylic acids is 2. The average molecular weight is 312 g/mol. The first kappa shape index (κ1) is 17.5. The molecule has 0 fully saturated rings. The van der Waals surface area contributed by atoms with Crippen molar-refractivity contribution in [1.29, 1.82) is 0 Å². The standard InChI is InChI=1S/C14H17FN2O5/c1-14(2,3)22-13(19)16(4)12(8-18)10-6-5-9(17(20)21)7-11(10)15/h5-8,12H,1-4H3. The van der Waals surface area contributed by atoms with Crippen molar-refractivity contribution in [2.24, 2.45) is 0 Å². The fraction of sp³-hybridized carbons (Fsp3) is 0.429. The number of amides is 1. The van der Waals surface area contributed by atoms with E-state index in [4.69, 9.17) is 4.74 Å². The van der Waals surface area contributed by atoms with Crippen LogP contribution in [0.15, 0.2) is 18.2 Å². The van der Waals surface area contributed by atoms with E-state index in [1.165, 1.54) is 7.05 Å². The number of nitro groups is 1. The molecule has 0 N–H and O–H groups in total. The molecule has 0 heterocycles. The number of non-ortho nitro benzene ring substituents is 1. The molecule has 1 aromatic rings. The monoisotopic (exact) mass is 312 g/mol. The molecule has 8 heteroatoms. The molecule has 120 valence electrons. The van der Waals surface area contributed by atoms with Gasteiger partial charge < -0.3 is 9.53 Å². The highest BCUT2D eigenvalue weighted by Crippen LogP contribution is 2.25. The molecule has 0 aliphatic rings. The molecule has 0 aliphatic carbocycles. The third-order valence-corrected chi connectivity index (χ3v) is 2.74. The van der Waals surface area contributed by atoms with E-state index in [1.54, 1.807) is 20.8 Å². The number of nitro benzene ring substituents is 1. The molecule has 1 amide bonds. The number of hydrogen-bond donors (Lipinski definition) is 0. The molecule has 0 radical (unpaired) electrons. The van der Waals surface area contributed by atoms with Crippen molar-refractivity contribution in [2.75, 3.05) is 7.05 Å². The Morgan fingerprint density at radius 2 is 2.05 bits per heavy atom. The first-order valence-corrected chi connectivity index (χ1v) is 6.41. The summed E-state index contributed by atoms with van der Waals surface area (Å²) in [5, 5.41) is 10.6. The Balaban J connectivity index is 3.08. The van der Waals surface area contributed by atoms with Gasteiger partial charge in [-0.25, -0.2) is 9.18 Å². The van der Waals surface area contributed by atoms with Crippen molar-refractivity contribution < 1.29 is 23.6 Å². The maximum Gasteiger partial charge on any atom is 0.410 e. The Morgan fingerprint density at radius 1 is 1.45 bits per heavy atom. The Kier molecular flexibility index (Phi) is 5.19. The summed E-state index contributed by atoms with van der Waals surface area (Å²) in [6.45, 7) is 4.96. The lowest BCUT2D eigenvalue weighted by Gasteiger charge is -2.28. The molecule has 0 aromatic heterocycles. The highest BCUT2D eigenvalue weighted by Gasteiger charge is 2.28. The van der Waals surface area contributed by atoms with Gasteiger partial charge in [0.25, 0.3) is 5.69 Å². The van der Waals surface area contributed by atoms with Crippen molar-refractivity contribution >= 4 is 18.1 Å². The zero-order chi connectivity index (χ0) is 17.1. The summed E-state index contributed by atoms with van der Waals surface area (Å²) in [6, 6.07) is 1.63. The van der Waals surface area contributed by atoms with Crippen molar-refractivity contribution in [3.05, 3.63) is 39.7 Å². The first-order valence-electron chi connectivity index (χ1n) is 6.41. The average Bonchev–Trinajstić information content (AvgIpc) is 2.38. The highest BCUT2D eigenvalue weighted by atomic mass is 19.1. The van der Waals surface area contributed by atoms with Crippen molar-refractivity contribution in [3.8, 4) is 0 Å². The van der Waals surface area contributed by atoms with Gasteiger partial charge in [0.15, 0.2) is 0 Å². The maximum atomic E-state index is 14.0. The van der Waals surface area contributed by atoms with Crippen LogP contribution in [0.3, 0.4) is 0 Å². The van der Waals surface area contributed by atoms with Gasteiger partial charge in [-0.15, -0.1) is 0 Å². The number of aldehydes is 1. The van der Waals surface area contributed by atoms with Crippen molar-refractivity contribution in [1.82, 2.24) is 4.90 Å². The zero-order valence-electron chi connectivity index (χ0n) is 12.7. The van der Waals surface area contributed by atoms with E-state index in [2.05, 4.69) is 0 Å². The SMILES string of the molecule is CN(C(=O)OC(C)(C)C)C(C=O)c1ccc([N+](=O)[O-])cc1F.